The van der Waals surface area contributed by atoms with Crippen LogP contribution in [0, 0.1) is 0 Å². The van der Waals surface area contributed by atoms with Gasteiger partial charge in [0.15, 0.2) is 0 Å². The SMILES string of the molecule is [O]CC=Cc1ccccc1Br. The Morgan fingerprint density at radius 2 is 2.09 bits per heavy atom. The lowest BCUT2D eigenvalue weighted by Crippen LogP contribution is -1.74. The Labute approximate surface area is 74.5 Å². The van der Waals surface area contributed by atoms with Crippen molar-refractivity contribution in [3.8, 4) is 0 Å². The largest absolute Gasteiger partial charge is 0.232 e. The summed E-state index contributed by atoms with van der Waals surface area (Å²) in [6.07, 6.45) is 3.41. The van der Waals surface area contributed by atoms with Gasteiger partial charge >= 0.3 is 0 Å². The molecule has 0 fully saturated rings. The summed E-state index contributed by atoms with van der Waals surface area (Å²) >= 11 is 3.37. The summed E-state index contributed by atoms with van der Waals surface area (Å²) in [6, 6.07) is 7.79. The van der Waals surface area contributed by atoms with Crippen molar-refractivity contribution < 1.29 is 5.11 Å². The third-order valence-corrected chi connectivity index (χ3v) is 2.02. The van der Waals surface area contributed by atoms with E-state index in [9.17, 15) is 5.11 Å². The van der Waals surface area contributed by atoms with Gasteiger partial charge in [-0.2, -0.15) is 0 Å². The molecule has 1 nitrogen and oxygen atoms in total. The maximum atomic E-state index is 10.1. The monoisotopic (exact) mass is 211 g/mol. The molecule has 1 rings (SSSR count). The number of halogens is 1. The average Bonchev–Trinajstić information content (AvgIpc) is 2.03. The third kappa shape index (κ3) is 2.48. The predicted octanol–water partition coefficient (Wildman–Crippen LogP) is 2.89. The van der Waals surface area contributed by atoms with Gasteiger partial charge in [0.25, 0.3) is 0 Å². The van der Waals surface area contributed by atoms with Crippen LogP contribution in [0.15, 0.2) is 34.8 Å². The average molecular weight is 212 g/mol. The fourth-order valence-electron chi connectivity index (χ4n) is 0.785. The van der Waals surface area contributed by atoms with Gasteiger partial charge in [0, 0.05) is 4.47 Å². The first-order chi connectivity index (χ1) is 5.34. The Balaban J connectivity index is 2.86. The van der Waals surface area contributed by atoms with E-state index in [4.69, 9.17) is 0 Å². The molecule has 0 saturated carbocycles. The van der Waals surface area contributed by atoms with E-state index in [0.717, 1.165) is 10.0 Å². The van der Waals surface area contributed by atoms with Crippen LogP contribution >= 0.6 is 15.9 Å². The molecule has 1 aromatic rings. The summed E-state index contributed by atoms with van der Waals surface area (Å²) in [5.41, 5.74) is 1.04. The molecular weight excluding hydrogens is 204 g/mol. The molecule has 57 valence electrons. The molecule has 0 aromatic heterocycles. The lowest BCUT2D eigenvalue weighted by Gasteiger charge is -1.94. The van der Waals surface area contributed by atoms with Crippen molar-refractivity contribution in [2.75, 3.05) is 6.61 Å². The standard InChI is InChI=1S/C9H8BrO/c10-9-6-2-1-4-8(9)5-3-7-11/h1-6H,7H2. The first kappa shape index (κ1) is 8.50. The zero-order valence-electron chi connectivity index (χ0n) is 5.96. The van der Waals surface area contributed by atoms with E-state index in [1.807, 2.05) is 30.3 Å². The van der Waals surface area contributed by atoms with Gasteiger partial charge in [0.2, 0.25) is 0 Å². The zero-order valence-corrected chi connectivity index (χ0v) is 7.54. The van der Waals surface area contributed by atoms with Crippen LogP contribution < -0.4 is 0 Å². The summed E-state index contributed by atoms with van der Waals surface area (Å²) in [4.78, 5) is 0. The van der Waals surface area contributed by atoms with Crippen molar-refractivity contribution in [2.24, 2.45) is 0 Å². The topological polar surface area (TPSA) is 19.9 Å². The zero-order chi connectivity index (χ0) is 8.10. The summed E-state index contributed by atoms with van der Waals surface area (Å²) in [5.74, 6) is 0. The minimum atomic E-state index is -0.165. The minimum Gasteiger partial charge on any atom is -0.232 e. The maximum absolute atomic E-state index is 10.1. The highest BCUT2D eigenvalue weighted by Gasteiger charge is 1.90. The van der Waals surface area contributed by atoms with Crippen molar-refractivity contribution in [1.29, 1.82) is 0 Å². The van der Waals surface area contributed by atoms with Gasteiger partial charge < -0.3 is 0 Å². The van der Waals surface area contributed by atoms with E-state index >= 15 is 0 Å². The molecule has 0 aliphatic heterocycles. The molecule has 0 saturated heterocycles. The van der Waals surface area contributed by atoms with Crippen molar-refractivity contribution in [2.45, 2.75) is 0 Å². The first-order valence-electron chi connectivity index (χ1n) is 3.34. The lowest BCUT2D eigenvalue weighted by molar-refractivity contribution is 0.233. The molecule has 0 unspecified atom stereocenters. The number of rotatable bonds is 2. The van der Waals surface area contributed by atoms with Gasteiger partial charge in [-0.05, 0) is 11.6 Å². The fourth-order valence-corrected chi connectivity index (χ4v) is 1.20. The third-order valence-electron chi connectivity index (χ3n) is 1.30. The Morgan fingerprint density at radius 3 is 2.73 bits per heavy atom. The van der Waals surface area contributed by atoms with Crippen LogP contribution in [0.1, 0.15) is 5.56 Å². The van der Waals surface area contributed by atoms with Crippen molar-refractivity contribution in [3.63, 3.8) is 0 Å². The van der Waals surface area contributed by atoms with E-state index in [1.54, 1.807) is 6.08 Å². The van der Waals surface area contributed by atoms with E-state index in [1.165, 1.54) is 0 Å². The first-order valence-corrected chi connectivity index (χ1v) is 4.13. The van der Waals surface area contributed by atoms with Crippen molar-refractivity contribution >= 4 is 22.0 Å². The Hall–Kier alpha value is -0.600. The van der Waals surface area contributed by atoms with E-state index in [2.05, 4.69) is 15.9 Å². The molecule has 0 amide bonds. The highest BCUT2D eigenvalue weighted by molar-refractivity contribution is 9.10. The Morgan fingerprint density at radius 1 is 1.36 bits per heavy atom. The van der Waals surface area contributed by atoms with E-state index in [0.29, 0.717) is 0 Å². The second-order valence-electron chi connectivity index (χ2n) is 2.09. The summed E-state index contributed by atoms with van der Waals surface area (Å²) in [6.45, 7) is -0.165. The van der Waals surface area contributed by atoms with E-state index in [-0.39, 0.29) is 6.61 Å². The predicted molar refractivity (Wildman–Crippen MR) is 48.7 cm³/mol. The molecule has 0 bridgehead atoms. The quantitative estimate of drug-likeness (QED) is 0.718. The van der Waals surface area contributed by atoms with Gasteiger partial charge in [-0.25, -0.2) is 5.11 Å². The molecule has 1 radical (unpaired) electrons. The summed E-state index contributed by atoms with van der Waals surface area (Å²) in [7, 11) is 0. The van der Waals surface area contributed by atoms with Gasteiger partial charge in [-0.1, -0.05) is 46.3 Å². The molecule has 0 spiro atoms. The number of hydrogen-bond donors (Lipinski definition) is 0. The molecule has 0 aliphatic carbocycles. The summed E-state index contributed by atoms with van der Waals surface area (Å²) in [5, 5.41) is 10.1. The van der Waals surface area contributed by atoms with Crippen LogP contribution in [-0.2, 0) is 5.11 Å². The molecule has 0 atom stereocenters. The van der Waals surface area contributed by atoms with Crippen molar-refractivity contribution in [3.05, 3.63) is 40.4 Å². The molecule has 2 heteroatoms. The smallest absolute Gasteiger partial charge is 0.101 e. The molecule has 0 heterocycles. The number of hydrogen-bond acceptors (Lipinski definition) is 0. The number of benzene rings is 1. The molecular formula is C9H8BrO. The van der Waals surface area contributed by atoms with Crippen molar-refractivity contribution in [1.82, 2.24) is 0 Å². The Bertz CT molecular complexity index is 255. The van der Waals surface area contributed by atoms with Crippen LogP contribution in [0.25, 0.3) is 6.08 Å². The van der Waals surface area contributed by atoms with Gasteiger partial charge in [0.1, 0.15) is 6.61 Å². The van der Waals surface area contributed by atoms with Crippen LogP contribution in [0.5, 0.6) is 0 Å². The van der Waals surface area contributed by atoms with Crippen LogP contribution in [0.3, 0.4) is 0 Å². The lowest BCUT2D eigenvalue weighted by atomic mass is 10.2. The molecule has 11 heavy (non-hydrogen) atoms. The van der Waals surface area contributed by atoms with Gasteiger partial charge in [-0.15, -0.1) is 0 Å². The Kier molecular flexibility index (Phi) is 3.33. The molecule has 0 aliphatic rings. The fraction of sp³-hybridized carbons (Fsp3) is 0.111. The minimum absolute atomic E-state index is 0.165. The van der Waals surface area contributed by atoms with Crippen LogP contribution in [0.4, 0.5) is 0 Å². The highest BCUT2D eigenvalue weighted by Crippen LogP contribution is 2.16. The van der Waals surface area contributed by atoms with Crippen LogP contribution in [0.2, 0.25) is 0 Å². The second-order valence-corrected chi connectivity index (χ2v) is 2.94. The highest BCUT2D eigenvalue weighted by atomic mass is 79.9. The van der Waals surface area contributed by atoms with Gasteiger partial charge in [-0.3, -0.25) is 0 Å². The van der Waals surface area contributed by atoms with Gasteiger partial charge in [0.05, 0.1) is 0 Å². The van der Waals surface area contributed by atoms with Crippen LogP contribution in [-0.4, -0.2) is 6.61 Å². The maximum Gasteiger partial charge on any atom is 0.101 e. The summed E-state index contributed by atoms with van der Waals surface area (Å²) < 4.78 is 1.02. The molecule has 1 aromatic carbocycles. The van der Waals surface area contributed by atoms with E-state index < -0.39 is 0 Å². The second kappa shape index (κ2) is 4.31. The molecule has 0 N–H and O–H groups in total. The normalized spacial score (nSPS) is 10.7.